The second kappa shape index (κ2) is 38.7. The Labute approximate surface area is 541 Å². The van der Waals surface area contributed by atoms with Gasteiger partial charge in [0.25, 0.3) is 17.7 Å². The molecule has 0 spiro atoms. The summed E-state index contributed by atoms with van der Waals surface area (Å²) in [4.78, 5) is 101. The first-order chi connectivity index (χ1) is 41.6. The van der Waals surface area contributed by atoms with Crippen LogP contribution in [0.3, 0.4) is 0 Å². The van der Waals surface area contributed by atoms with Crippen molar-refractivity contribution in [3.05, 3.63) is 156 Å². The number of benzene rings is 4. The predicted octanol–water partition coefficient (Wildman–Crippen LogP) is 3.76. The first kappa shape index (κ1) is 75.6. The summed E-state index contributed by atoms with van der Waals surface area (Å²) < 4.78 is 21.1. The van der Waals surface area contributed by atoms with Crippen LogP contribution in [0.15, 0.2) is 122 Å². The zero-order valence-corrected chi connectivity index (χ0v) is 55.0. The van der Waals surface area contributed by atoms with E-state index in [-0.39, 0.29) is 100 Å². The van der Waals surface area contributed by atoms with Crippen LogP contribution in [0.2, 0.25) is 0 Å². The number of halogens is 1. The number of carbonyl (C=O) groups is 8. The molecule has 4 aromatic carbocycles. The van der Waals surface area contributed by atoms with Crippen LogP contribution in [-0.2, 0) is 46.3 Å². The first-order valence-corrected chi connectivity index (χ1v) is 32.3. The number of nitrogens with one attached hydrogen (secondary N) is 5. The van der Waals surface area contributed by atoms with E-state index < -0.39 is 70.7 Å². The Balaban J connectivity index is 0.000000461. The maximum absolute atomic E-state index is 13.7. The molecule has 88 heavy (non-hydrogen) atoms. The Morgan fingerprint density at radius 3 is 1.57 bits per heavy atom. The van der Waals surface area contributed by atoms with Gasteiger partial charge >= 0.3 is 45.8 Å². The number of aliphatic hydroxyl groups excluding tert-OH is 2. The summed E-state index contributed by atoms with van der Waals surface area (Å²) in [5.74, 6) is -2.94. The molecule has 3 fully saturated rings. The molecule has 20 nitrogen and oxygen atoms in total. The molecule has 4 aromatic rings. The number of carboxylic acids is 1. The fourth-order valence-corrected chi connectivity index (χ4v) is 11.3. The number of amides is 5. The minimum absolute atomic E-state index is 0. The van der Waals surface area contributed by atoms with E-state index in [4.69, 9.17) is 19.9 Å². The summed E-state index contributed by atoms with van der Waals surface area (Å²) >= 11 is 3.05. The molecule has 0 bridgehead atoms. The van der Waals surface area contributed by atoms with Crippen molar-refractivity contribution in [2.24, 2.45) is 0 Å². The van der Waals surface area contributed by atoms with Crippen molar-refractivity contribution >= 4 is 71.0 Å². The van der Waals surface area contributed by atoms with E-state index in [0.29, 0.717) is 23.8 Å². The van der Waals surface area contributed by atoms with Crippen molar-refractivity contribution < 1.29 is 90.3 Å². The molecule has 0 radical (unpaired) electrons. The van der Waals surface area contributed by atoms with Gasteiger partial charge in [0.1, 0.15) is 23.6 Å². The molecule has 3 aliphatic heterocycles. The third kappa shape index (κ3) is 24.4. The number of esters is 2. The molecule has 8 N–H and O–H groups in total. The Morgan fingerprint density at radius 2 is 1.19 bits per heavy atom. The summed E-state index contributed by atoms with van der Waals surface area (Å²) in [6.45, 7) is 24.8. The van der Waals surface area contributed by atoms with Gasteiger partial charge in [0.15, 0.2) is 12.2 Å². The maximum atomic E-state index is 13.7. The van der Waals surface area contributed by atoms with Gasteiger partial charge in [-0.2, -0.15) is 0 Å². The fraction of sp³-hybridized carbons (Fsp3) is 0.446. The predicted molar refractivity (Wildman–Crippen MR) is 343 cm³/mol. The summed E-state index contributed by atoms with van der Waals surface area (Å²) in [5.41, 5.74) is 2.93. The van der Waals surface area contributed by atoms with E-state index in [2.05, 4.69) is 60.5 Å². The van der Waals surface area contributed by atoms with Crippen LogP contribution in [0.1, 0.15) is 112 Å². The molecule has 23 heteroatoms. The molecule has 0 saturated carbocycles. The van der Waals surface area contributed by atoms with Crippen molar-refractivity contribution in [2.45, 2.75) is 147 Å². The quantitative estimate of drug-likeness (QED) is 0.0206. The number of carboxylic acid groups (broad SMARTS) is 1. The number of hydrogen-bond acceptors (Lipinski definition) is 16. The zero-order chi connectivity index (χ0) is 65.7. The molecular weight excluding hydrogens is 1280 g/mol. The summed E-state index contributed by atoms with van der Waals surface area (Å²) in [7, 11) is 0. The van der Waals surface area contributed by atoms with Crippen molar-refractivity contribution in [1.29, 1.82) is 0.594 Å². The van der Waals surface area contributed by atoms with Crippen LogP contribution in [0.4, 0.5) is 0 Å². The third-order valence-corrected chi connectivity index (χ3v) is 16.5. The number of aliphatic carboxylic acids is 1. The van der Waals surface area contributed by atoms with Crippen LogP contribution in [-0.4, -0.2) is 157 Å². The molecule has 3 unspecified atom stereocenters. The van der Waals surface area contributed by atoms with E-state index >= 15 is 0 Å². The van der Waals surface area contributed by atoms with Gasteiger partial charge in [-0.3, -0.25) is 38.9 Å². The SMILES string of the molecule is C.C=CCNC(=O)C1N(C(=O)[C@@H](O)[C@H](Cc2ccccc2)NC(=O)c2cccc(OC(C)=O)c2C)CSC1(C)C.C=CCNC(=O)C1NCSC1(C)C.CC(=O)Oc1cccc(C(=O)N[C@@H](Cc2ccccc2)[C@H](O)C(=O)O)c1C.CC1CCCO1.[2H][I-]C. The van der Waals surface area contributed by atoms with Crippen molar-refractivity contribution in [3.63, 3.8) is 0 Å². The van der Waals surface area contributed by atoms with Crippen LogP contribution in [0.25, 0.3) is 0 Å². The van der Waals surface area contributed by atoms with Gasteiger partial charge in [-0.1, -0.05) is 92.4 Å². The van der Waals surface area contributed by atoms with Gasteiger partial charge in [-0.15, -0.1) is 36.7 Å². The van der Waals surface area contributed by atoms with Gasteiger partial charge in [-0.25, -0.2) is 4.79 Å². The Morgan fingerprint density at radius 1 is 0.739 bits per heavy atom. The number of rotatable bonds is 20. The molecule has 484 valence electrons. The van der Waals surface area contributed by atoms with Gasteiger partial charge in [-0.05, 0) is 110 Å². The van der Waals surface area contributed by atoms with Crippen LogP contribution >= 0.6 is 23.5 Å². The second-order valence-corrected chi connectivity index (χ2v) is 24.5. The molecule has 0 aliphatic carbocycles. The van der Waals surface area contributed by atoms with Crippen molar-refractivity contribution in [1.82, 2.24) is 31.5 Å². The summed E-state index contributed by atoms with van der Waals surface area (Å²) in [6.07, 6.45) is 3.22. The van der Waals surface area contributed by atoms with Crippen molar-refractivity contribution in [3.8, 4) is 11.5 Å². The average molecular weight is 1370 g/mol. The topological polar surface area (TPSA) is 288 Å². The number of nitrogens with zero attached hydrogens (tertiary/aromatic N) is 1. The third-order valence-electron chi connectivity index (χ3n) is 13.8. The Bertz CT molecular complexity index is 2970. The fourth-order valence-electron chi connectivity index (χ4n) is 9.22. The van der Waals surface area contributed by atoms with Crippen LogP contribution < -0.4 is 58.5 Å². The standard InChI is InChI=1S/C29H35N3O6S.C20H21NO6.C9H16N2OS.C5H10O.CH4I.CH4/c1-6-15-30-27(36)25-29(4,5)39-17-32(25)28(37)24(34)22(16-20-11-8-7-9-12-20)31-26(35)21-13-10-14-23(18(21)2)38-19(3)33;1-12-15(9-6-10-17(12)27-13(2)22)19(24)21-16(18(23)20(25)26)11-14-7-4-3-5-8-14;1-4-5-10-8(12)7-9(2,3)13-6-11-7;1-5-3-2-4-6-5;1-2;/h6-14,22,24-25,34H,1,15-17H2,2-5H3,(H,30,36)(H,31,35);3-10,16,18,23H,11H2,1-2H3,(H,21,24)(H,25,26);4,7,11H,1,5-6H2,2-3H3,(H,10,12);5H,2-4H2,1H3;2H,1H3;1H4/q;;;;-1;/t22-,24-,25?;16-,18-;;;;/m00..../s1/i;;;;2D;. The Hall–Kier alpha value is -6.61. The van der Waals surface area contributed by atoms with Crippen LogP contribution in [0.5, 0.6) is 11.5 Å². The molecule has 3 heterocycles. The molecule has 5 amide bonds. The van der Waals surface area contributed by atoms with E-state index in [0.717, 1.165) is 23.6 Å². The van der Waals surface area contributed by atoms with Gasteiger partial charge in [0, 0.05) is 71.2 Å². The minimum atomic E-state index is -1.77. The normalized spacial score (nSPS) is 18.1. The Kier molecular flexibility index (Phi) is 33.3. The van der Waals surface area contributed by atoms with Gasteiger partial charge in [0.05, 0.1) is 24.1 Å². The molecule has 0 aromatic heterocycles. The molecule has 7 atom stereocenters. The van der Waals surface area contributed by atoms with Gasteiger partial charge in [0.2, 0.25) is 11.8 Å². The summed E-state index contributed by atoms with van der Waals surface area (Å²) in [6, 6.07) is 24.6. The number of thioether (sulfide) groups is 2. The van der Waals surface area contributed by atoms with Crippen molar-refractivity contribution in [2.75, 3.05) is 36.4 Å². The van der Waals surface area contributed by atoms with E-state index in [1.54, 1.807) is 92.4 Å². The number of ether oxygens (including phenoxy) is 3. The van der Waals surface area contributed by atoms with Gasteiger partial charge < -0.3 is 55.7 Å². The molecule has 3 saturated heterocycles. The number of hydrogen-bond donors (Lipinski definition) is 8. The zero-order valence-electron chi connectivity index (χ0n) is 52.2. The molecule has 3 aliphatic rings. The number of aliphatic hydroxyl groups is 2. The van der Waals surface area contributed by atoms with E-state index in [1.807, 2.05) is 55.2 Å². The monoisotopic (exact) mass is 1370 g/mol. The molecular formula is C65H90IN6O14S2-. The number of alkyl halides is 1. The second-order valence-electron chi connectivity index (χ2n) is 21.3. The van der Waals surface area contributed by atoms with Crippen LogP contribution in [0, 0.1) is 13.8 Å². The first-order valence-electron chi connectivity index (χ1n) is 28.5. The van der Waals surface area contributed by atoms with E-state index in [9.17, 15) is 48.6 Å². The van der Waals surface area contributed by atoms with E-state index in [1.165, 1.54) is 49.4 Å². The average Bonchev–Trinajstić information content (AvgIpc) is 3.05. The molecule has 7 rings (SSSR count). The number of carbonyl (C=O) groups excluding carboxylic acids is 7. The summed E-state index contributed by atoms with van der Waals surface area (Å²) in [5, 5.41) is 44.6.